The van der Waals surface area contributed by atoms with Crippen LogP contribution in [0.4, 0.5) is 0 Å². The number of carbonyl (C=O) groups excluding carboxylic acids is 14. The van der Waals surface area contributed by atoms with Crippen molar-refractivity contribution in [1.82, 2.24) is 94.5 Å². The zero-order valence-corrected chi connectivity index (χ0v) is 81.4. The number of guanidine groups is 2. The van der Waals surface area contributed by atoms with E-state index in [0.29, 0.717) is 77.7 Å². The molecule has 1 aromatic heterocycles. The topological polar surface area (TPSA) is 726 Å². The van der Waals surface area contributed by atoms with Gasteiger partial charge in [-0.1, -0.05) is 124 Å². The Labute approximate surface area is 832 Å². The van der Waals surface area contributed by atoms with Gasteiger partial charge < -0.3 is 138 Å². The van der Waals surface area contributed by atoms with Crippen LogP contribution in [0.25, 0.3) is 21.7 Å². The molecule has 0 radical (unpaired) electrons. The van der Waals surface area contributed by atoms with Crippen molar-refractivity contribution in [1.29, 1.82) is 10.8 Å². The number of H-pyrrole nitrogens is 1. The molecule has 4 aliphatic rings. The zero-order chi connectivity index (χ0) is 104. The first-order chi connectivity index (χ1) is 68.4. The van der Waals surface area contributed by atoms with Crippen molar-refractivity contribution < 1.29 is 102 Å². The fourth-order valence-corrected chi connectivity index (χ4v) is 18.3. The van der Waals surface area contributed by atoms with E-state index in [1.54, 1.807) is 98.9 Å². The number of unbranched alkanes of at least 4 members (excludes halogenated alkanes) is 2. The molecule has 5 aromatic rings. The Balaban J connectivity index is 0.906. The number of nitrogens with one attached hydrogen (secondary N) is 18. The lowest BCUT2D eigenvalue weighted by atomic mass is 9.80. The van der Waals surface area contributed by atoms with E-state index in [1.807, 2.05) is 12.1 Å². The number of aliphatic hydroxyl groups excluding tert-OH is 1. The Kier molecular flexibility index (Phi) is 44.9. The molecular formula is C97H139ClN24O21. The lowest BCUT2D eigenvalue weighted by Crippen LogP contribution is -2.61. The van der Waals surface area contributed by atoms with Gasteiger partial charge in [-0.15, -0.1) is 0 Å². The number of aromatic nitrogens is 1. The fraction of sp³-hybridized carbons (Fsp3) is 0.557. The summed E-state index contributed by atoms with van der Waals surface area (Å²) in [6.45, 7) is 3.30. The molecular weight excluding hydrogens is 1870 g/mol. The van der Waals surface area contributed by atoms with Crippen molar-refractivity contribution in [2.75, 3.05) is 52.4 Å². The van der Waals surface area contributed by atoms with Crippen LogP contribution in [-0.4, -0.2) is 291 Å². The number of nitrogens with two attached hydrogens (primary N) is 4. The monoisotopic (exact) mass is 2010 g/mol. The molecule has 1 aliphatic carbocycles. The average Bonchev–Trinajstić information content (AvgIpc) is 1.60. The summed E-state index contributed by atoms with van der Waals surface area (Å²) in [5.41, 5.74) is 25.4. The summed E-state index contributed by atoms with van der Waals surface area (Å²) < 4.78 is 0. The van der Waals surface area contributed by atoms with Crippen molar-refractivity contribution in [3.05, 3.63) is 119 Å². The number of amides is 14. The highest BCUT2D eigenvalue weighted by atomic mass is 35.5. The number of aromatic amines is 1. The quantitative estimate of drug-likeness (QED) is 0.0126. The number of fused-ring (bicyclic) bond motifs is 2. The summed E-state index contributed by atoms with van der Waals surface area (Å²) in [5, 5.41) is 99.7. The highest BCUT2D eigenvalue weighted by molar-refractivity contribution is 6.31. The summed E-state index contributed by atoms with van der Waals surface area (Å²) in [6, 6.07) is 3.74. The zero-order valence-electron chi connectivity index (χ0n) is 80.6. The molecule has 3 aliphatic heterocycles. The molecule has 0 spiro atoms. The molecule has 46 heteroatoms. The minimum Gasteiger partial charge on any atom is -0.481 e. The second kappa shape index (κ2) is 56.8. The normalized spacial score (nSPS) is 17.6. The first-order valence-corrected chi connectivity index (χ1v) is 49.4. The lowest BCUT2D eigenvalue weighted by Gasteiger charge is -2.34. The Morgan fingerprint density at radius 2 is 0.916 bits per heavy atom. The second-order valence-corrected chi connectivity index (χ2v) is 37.7. The molecule has 45 nitrogen and oxygen atoms in total. The molecule has 3 saturated heterocycles. The fourth-order valence-electron chi connectivity index (χ4n) is 18.1. The summed E-state index contributed by atoms with van der Waals surface area (Å²) in [5.74, 6) is -18.2. The molecule has 780 valence electrons. The number of carbonyl (C=O) groups is 17. The number of carboxylic acids is 3. The first kappa shape index (κ1) is 113. The predicted molar refractivity (Wildman–Crippen MR) is 528 cm³/mol. The van der Waals surface area contributed by atoms with Gasteiger partial charge in [0.2, 0.25) is 82.7 Å². The maximum Gasteiger partial charge on any atom is 0.326 e. The van der Waals surface area contributed by atoms with Gasteiger partial charge in [0, 0.05) is 74.0 Å². The molecule has 14 amide bonds. The first-order valence-electron chi connectivity index (χ1n) is 49.0. The van der Waals surface area contributed by atoms with Crippen LogP contribution in [0.3, 0.4) is 0 Å². The van der Waals surface area contributed by atoms with Gasteiger partial charge in [0.05, 0.1) is 19.1 Å². The van der Waals surface area contributed by atoms with Gasteiger partial charge in [-0.2, -0.15) is 0 Å². The Morgan fingerprint density at radius 3 is 1.45 bits per heavy atom. The Morgan fingerprint density at radius 1 is 0.448 bits per heavy atom. The number of halogens is 1. The number of aliphatic hydroxyl groups is 1. The van der Waals surface area contributed by atoms with Crippen molar-refractivity contribution in [3.63, 3.8) is 0 Å². The number of hydrogen-bond acceptors (Lipinski definition) is 23. The van der Waals surface area contributed by atoms with E-state index in [1.165, 1.54) is 4.90 Å². The maximum atomic E-state index is 15.3. The van der Waals surface area contributed by atoms with E-state index >= 15 is 24.0 Å². The molecule has 4 heterocycles. The molecule has 15 atom stereocenters. The number of likely N-dealkylation sites (tertiary alicyclic amines) is 2. The minimum absolute atomic E-state index is 0.00618. The van der Waals surface area contributed by atoms with Crippen LogP contribution in [0.5, 0.6) is 0 Å². The number of hydrogen-bond donors (Lipinski definition) is 26. The molecule has 30 N–H and O–H groups in total. The van der Waals surface area contributed by atoms with Crippen molar-refractivity contribution >= 4 is 146 Å². The molecule has 0 bridgehead atoms. The minimum atomic E-state index is -2.03. The van der Waals surface area contributed by atoms with Crippen molar-refractivity contribution in [3.8, 4) is 0 Å². The van der Waals surface area contributed by atoms with E-state index in [9.17, 15) is 78.0 Å². The van der Waals surface area contributed by atoms with Crippen LogP contribution < -0.4 is 103 Å². The summed E-state index contributed by atoms with van der Waals surface area (Å²) in [4.78, 5) is 249. The van der Waals surface area contributed by atoms with E-state index in [4.69, 9.17) is 45.4 Å². The third-order valence-corrected chi connectivity index (χ3v) is 26.1. The number of nitrogens with zero attached hydrogens (tertiary/aromatic N) is 2. The van der Waals surface area contributed by atoms with Crippen LogP contribution in [0.1, 0.15) is 185 Å². The largest absolute Gasteiger partial charge is 0.481 e. The van der Waals surface area contributed by atoms with Crippen LogP contribution in [0.15, 0.2) is 97.2 Å². The van der Waals surface area contributed by atoms with Gasteiger partial charge in [0.25, 0.3) is 0 Å². The van der Waals surface area contributed by atoms with Crippen LogP contribution in [0.2, 0.25) is 5.02 Å². The summed E-state index contributed by atoms with van der Waals surface area (Å²) >= 11 is 6.31. The van der Waals surface area contributed by atoms with Gasteiger partial charge >= 0.3 is 17.9 Å². The lowest BCUT2D eigenvalue weighted by molar-refractivity contribution is -0.150. The number of rotatable bonds is 59. The average molecular weight is 2010 g/mol. The van der Waals surface area contributed by atoms with E-state index in [-0.39, 0.29) is 160 Å². The van der Waals surface area contributed by atoms with Crippen LogP contribution >= 0.6 is 11.6 Å². The smallest absolute Gasteiger partial charge is 0.326 e. The molecule has 1 saturated carbocycles. The standard InChI is InChI=1S/C97H139ClN24O21/c1-54(2)45-70(114-84(131)67(31-16-42-107-97(103)104)112-89(136)73(116-81(128)63-29-14-40-105-63)49-59-52-108-69-50-60(98)34-35-62(59)69)86(133)111-66(30-15-41-106-96(101)102)82(129)109-65(28-9-11-39-100)85(132)119-75(47-56-21-12-22-56)94(141)121-43-17-32-77(121)92(139)118-74(51-80(126)127)90(137)120-76(53-123)91(138)115-71(46-55-19-4-3-5-20-55)87(134)117-72(48-58-25-13-24-57-23-6-7-26-61(57)58)88(135)110-64(27-8-10-38-99)83(130)113-68(36-37-79(124)125)93(140)122-44-18-33-78(122)95(142)143/h3-7,13,19-20,23-26,34-35,50,52,54,56,63-68,70-78,105,108,123H,8-12,14-18,21-22,27-33,36-49,51,53,99-100H2,1-2H3,(H,109,129)(H,110,135)(H,111,133)(H,112,136)(H,113,130)(H,114,131)(H,115,138)(H,116,128)(H,117,134)(H,118,139)(H,119,132)(H,120,137)(H,124,125)(H,126,127)(H,142,143)(H4,101,102,106)(H4,103,104,107)/t63-,64-,65-,66-,67-,68-,70-,71-,72-,73-,74-,75-,76-,77-,78-/m0/s1. The van der Waals surface area contributed by atoms with E-state index in [0.717, 1.165) is 28.5 Å². The molecule has 143 heavy (non-hydrogen) atoms. The van der Waals surface area contributed by atoms with E-state index < -0.39 is 223 Å². The Bertz CT molecular complexity index is 5270. The van der Waals surface area contributed by atoms with Gasteiger partial charge in [0.1, 0.15) is 84.6 Å². The Hall–Kier alpha value is -13.7. The third kappa shape index (κ3) is 35.2. The molecule has 9 rings (SSSR count). The number of carboxylic acid groups (broad SMARTS) is 3. The van der Waals surface area contributed by atoms with E-state index in [2.05, 4.69) is 84.7 Å². The van der Waals surface area contributed by atoms with Crippen LogP contribution in [-0.2, 0) is 101 Å². The van der Waals surface area contributed by atoms with Crippen molar-refractivity contribution in [2.24, 2.45) is 34.8 Å². The molecule has 4 aromatic carbocycles. The SMILES string of the molecule is CC(C)C[C@H](NC(=O)[C@H](CCCNC(=N)N)NC(=O)[C@H](Cc1c[nH]c2cc(Cl)ccc12)NC(=O)[C@@H]1CCCN1)C(=O)N[C@@H](CCCNC(=N)N)C(=O)N[C@@H](CCCCN)C(=O)N[C@@H](CC1CCC1)C(=O)N1CCC[C@H]1C(=O)N[C@@H](CC(=O)O)C(=O)N[C@@H](CO)C(=O)N[C@@H](Cc1ccccc1)C(=O)N[C@@H](Cc1cccc2ccccc12)C(=O)N[C@@H](CCCCN)C(=O)N[C@@H](CCC(=O)O)C(=O)N1CCC[C@H]1C(=O)O. The van der Waals surface area contributed by atoms with Crippen molar-refractivity contribution in [2.45, 2.75) is 278 Å². The predicted octanol–water partition coefficient (Wildman–Crippen LogP) is -1.01. The maximum absolute atomic E-state index is 15.3. The highest BCUT2D eigenvalue weighted by Gasteiger charge is 2.45. The highest BCUT2D eigenvalue weighted by Crippen LogP contribution is 2.33. The summed E-state index contributed by atoms with van der Waals surface area (Å²) in [7, 11) is 0. The number of benzene rings is 4. The second-order valence-electron chi connectivity index (χ2n) is 37.2. The van der Waals surface area contributed by atoms with Gasteiger partial charge in [-0.25, -0.2) is 4.79 Å². The van der Waals surface area contributed by atoms with Gasteiger partial charge in [0.15, 0.2) is 11.9 Å². The van der Waals surface area contributed by atoms with Gasteiger partial charge in [-0.3, -0.25) is 87.5 Å². The van der Waals surface area contributed by atoms with Gasteiger partial charge in [-0.05, 0) is 193 Å². The molecule has 0 unspecified atom stereocenters. The van der Waals surface area contributed by atoms with Crippen LogP contribution in [0, 0.1) is 22.7 Å². The molecule has 4 fully saturated rings. The number of aliphatic carboxylic acids is 3. The third-order valence-electron chi connectivity index (χ3n) is 25.9. The summed E-state index contributed by atoms with van der Waals surface area (Å²) in [6.07, 6.45) is 3.75.